The maximum Gasteiger partial charge on any atom is 0.271 e. The lowest BCUT2D eigenvalue weighted by Crippen LogP contribution is -2.23. The summed E-state index contributed by atoms with van der Waals surface area (Å²) in [5.41, 5.74) is 0.0296. The number of nitrogens with zero attached hydrogens (tertiary/aromatic N) is 5. The Hall–Kier alpha value is -2.20. The Balaban J connectivity index is 2.09. The Labute approximate surface area is 134 Å². The van der Waals surface area contributed by atoms with E-state index < -0.39 is 10.2 Å². The third kappa shape index (κ3) is 3.71. The van der Waals surface area contributed by atoms with E-state index in [-0.39, 0.29) is 22.3 Å². The molecule has 1 aromatic carbocycles. The fraction of sp³-hybridized carbons (Fsp3) is 0.273. The second kappa shape index (κ2) is 6.71. The molecule has 2 aromatic rings. The Morgan fingerprint density at radius 1 is 1.55 bits per heavy atom. The van der Waals surface area contributed by atoms with Gasteiger partial charge in [0.2, 0.25) is 11.1 Å². The zero-order valence-electron chi connectivity index (χ0n) is 11.6. The molecule has 0 bridgehead atoms. The molecular formula is C11H11ClN6O3S. The number of non-ortho nitro benzene ring substituents is 1. The predicted molar refractivity (Wildman–Crippen MR) is 80.9 cm³/mol. The number of hydrogen-bond donors (Lipinski definition) is 1. The molecule has 2 rings (SSSR count). The van der Waals surface area contributed by atoms with Crippen LogP contribution in [0, 0.1) is 10.1 Å². The lowest BCUT2D eigenvalue weighted by atomic mass is 10.2. The topological polar surface area (TPSA) is 116 Å². The summed E-state index contributed by atoms with van der Waals surface area (Å²) in [6.07, 6.45) is 0. The third-order valence-electron chi connectivity index (χ3n) is 2.65. The van der Waals surface area contributed by atoms with Crippen molar-refractivity contribution in [2.24, 2.45) is 7.05 Å². The number of amides is 1. The number of anilines is 1. The van der Waals surface area contributed by atoms with Gasteiger partial charge >= 0.3 is 0 Å². The number of tetrazole rings is 1. The molecule has 0 radical (unpaired) electrons. The van der Waals surface area contributed by atoms with Crippen LogP contribution in [0.3, 0.4) is 0 Å². The molecule has 0 aliphatic heterocycles. The molecule has 0 saturated carbocycles. The van der Waals surface area contributed by atoms with Crippen LogP contribution >= 0.6 is 23.4 Å². The van der Waals surface area contributed by atoms with E-state index in [4.69, 9.17) is 11.6 Å². The summed E-state index contributed by atoms with van der Waals surface area (Å²) in [5, 5.41) is 24.4. The van der Waals surface area contributed by atoms with Crippen LogP contribution in [-0.4, -0.2) is 36.3 Å². The standard InChI is InChI=1S/C11H11ClN6O3S/c1-6(22-11-14-15-16-17(11)2)10(19)13-9-5-7(18(20)21)3-4-8(9)12/h3-6H,1-2H3,(H,13,19). The monoisotopic (exact) mass is 342 g/mol. The zero-order valence-corrected chi connectivity index (χ0v) is 13.1. The van der Waals surface area contributed by atoms with Crippen LogP contribution in [0.25, 0.3) is 0 Å². The lowest BCUT2D eigenvalue weighted by molar-refractivity contribution is -0.384. The first-order chi connectivity index (χ1) is 10.4. The Morgan fingerprint density at radius 3 is 2.86 bits per heavy atom. The van der Waals surface area contributed by atoms with E-state index in [9.17, 15) is 14.9 Å². The molecule has 0 spiro atoms. The fourth-order valence-electron chi connectivity index (χ4n) is 1.49. The van der Waals surface area contributed by atoms with Gasteiger partial charge in [0.05, 0.1) is 20.9 Å². The van der Waals surface area contributed by atoms with Gasteiger partial charge in [-0.2, -0.15) is 0 Å². The molecule has 1 N–H and O–H groups in total. The number of carbonyl (C=O) groups is 1. The minimum Gasteiger partial charge on any atom is -0.324 e. The van der Waals surface area contributed by atoms with Crippen LogP contribution in [0.15, 0.2) is 23.4 Å². The lowest BCUT2D eigenvalue weighted by Gasteiger charge is -2.11. The van der Waals surface area contributed by atoms with Gasteiger partial charge in [0.1, 0.15) is 0 Å². The van der Waals surface area contributed by atoms with Crippen molar-refractivity contribution in [3.8, 4) is 0 Å². The molecular weight excluding hydrogens is 332 g/mol. The Morgan fingerprint density at radius 2 is 2.27 bits per heavy atom. The van der Waals surface area contributed by atoms with Crippen molar-refractivity contribution >= 4 is 40.6 Å². The molecule has 0 saturated heterocycles. The van der Waals surface area contributed by atoms with Gasteiger partial charge in [-0.3, -0.25) is 14.9 Å². The quantitative estimate of drug-likeness (QED) is 0.501. The average Bonchev–Trinajstić information content (AvgIpc) is 2.86. The van der Waals surface area contributed by atoms with Crippen molar-refractivity contribution in [2.45, 2.75) is 17.3 Å². The summed E-state index contributed by atoms with van der Waals surface area (Å²) in [4.78, 5) is 22.3. The van der Waals surface area contributed by atoms with Crippen molar-refractivity contribution in [1.29, 1.82) is 0 Å². The van der Waals surface area contributed by atoms with Gasteiger partial charge in [-0.25, -0.2) is 4.68 Å². The number of benzene rings is 1. The number of nitro benzene ring substituents is 1. The highest BCUT2D eigenvalue weighted by Crippen LogP contribution is 2.28. The van der Waals surface area contributed by atoms with Crippen molar-refractivity contribution in [3.63, 3.8) is 0 Å². The molecule has 1 amide bonds. The molecule has 116 valence electrons. The van der Waals surface area contributed by atoms with Crippen molar-refractivity contribution in [3.05, 3.63) is 33.3 Å². The Bertz CT molecular complexity index is 722. The van der Waals surface area contributed by atoms with Crippen LogP contribution in [-0.2, 0) is 11.8 Å². The van der Waals surface area contributed by atoms with E-state index in [2.05, 4.69) is 20.8 Å². The highest BCUT2D eigenvalue weighted by Gasteiger charge is 2.19. The zero-order chi connectivity index (χ0) is 16.3. The first-order valence-electron chi connectivity index (χ1n) is 6.02. The summed E-state index contributed by atoms with van der Waals surface area (Å²) in [5.74, 6) is -0.365. The van der Waals surface area contributed by atoms with E-state index in [0.717, 1.165) is 11.8 Å². The minimum absolute atomic E-state index is 0.155. The second-order valence-electron chi connectivity index (χ2n) is 4.26. The fourth-order valence-corrected chi connectivity index (χ4v) is 2.41. The number of rotatable bonds is 5. The van der Waals surface area contributed by atoms with Gasteiger partial charge in [-0.1, -0.05) is 23.4 Å². The van der Waals surface area contributed by atoms with Gasteiger partial charge in [-0.05, 0) is 23.4 Å². The van der Waals surface area contributed by atoms with Gasteiger partial charge < -0.3 is 5.32 Å². The summed E-state index contributed by atoms with van der Waals surface area (Å²) in [7, 11) is 1.66. The van der Waals surface area contributed by atoms with E-state index in [1.54, 1.807) is 14.0 Å². The van der Waals surface area contributed by atoms with Crippen molar-refractivity contribution < 1.29 is 9.72 Å². The average molecular weight is 343 g/mol. The highest BCUT2D eigenvalue weighted by molar-refractivity contribution is 8.00. The first-order valence-corrected chi connectivity index (χ1v) is 7.28. The van der Waals surface area contributed by atoms with Crippen LogP contribution < -0.4 is 5.32 Å². The number of hydrogen-bond acceptors (Lipinski definition) is 7. The number of nitrogens with one attached hydrogen (secondary N) is 1. The van der Waals surface area contributed by atoms with Gasteiger partial charge in [-0.15, -0.1) is 5.10 Å². The molecule has 11 heteroatoms. The van der Waals surface area contributed by atoms with Crippen molar-refractivity contribution in [2.75, 3.05) is 5.32 Å². The van der Waals surface area contributed by atoms with Gasteiger partial charge in [0.25, 0.3) is 5.69 Å². The molecule has 1 aromatic heterocycles. The van der Waals surface area contributed by atoms with Crippen LogP contribution in [0.5, 0.6) is 0 Å². The number of carbonyl (C=O) groups excluding carboxylic acids is 1. The molecule has 0 aliphatic carbocycles. The Kier molecular flexibility index (Phi) is 4.93. The third-order valence-corrected chi connectivity index (χ3v) is 4.11. The summed E-state index contributed by atoms with van der Waals surface area (Å²) in [6.45, 7) is 1.67. The normalized spacial score (nSPS) is 12.0. The summed E-state index contributed by atoms with van der Waals surface area (Å²) < 4.78 is 1.44. The predicted octanol–water partition coefficient (Wildman–Crippen LogP) is 1.89. The SMILES string of the molecule is CC(Sc1nnnn1C)C(=O)Nc1cc([N+](=O)[O-])ccc1Cl. The number of aromatic nitrogens is 4. The van der Waals surface area contributed by atoms with E-state index >= 15 is 0 Å². The smallest absolute Gasteiger partial charge is 0.271 e. The molecule has 1 atom stereocenters. The molecule has 0 fully saturated rings. The second-order valence-corrected chi connectivity index (χ2v) is 5.97. The molecule has 9 nitrogen and oxygen atoms in total. The maximum absolute atomic E-state index is 12.1. The first kappa shape index (κ1) is 16.2. The largest absolute Gasteiger partial charge is 0.324 e. The van der Waals surface area contributed by atoms with Gasteiger partial charge in [0, 0.05) is 19.2 Å². The van der Waals surface area contributed by atoms with Crippen LogP contribution in [0.4, 0.5) is 11.4 Å². The van der Waals surface area contributed by atoms with E-state index in [1.165, 1.54) is 22.9 Å². The molecule has 1 heterocycles. The van der Waals surface area contributed by atoms with Crippen molar-refractivity contribution in [1.82, 2.24) is 20.2 Å². The molecule has 1 unspecified atom stereocenters. The van der Waals surface area contributed by atoms with Crippen LogP contribution in [0.1, 0.15) is 6.92 Å². The van der Waals surface area contributed by atoms with E-state index in [1.807, 2.05) is 0 Å². The number of nitro groups is 1. The number of aryl methyl sites for hydroxylation is 1. The number of thioether (sulfide) groups is 1. The molecule has 0 aliphatic rings. The highest BCUT2D eigenvalue weighted by atomic mass is 35.5. The van der Waals surface area contributed by atoms with E-state index in [0.29, 0.717) is 5.16 Å². The van der Waals surface area contributed by atoms with Gasteiger partial charge in [0.15, 0.2) is 0 Å². The molecule has 22 heavy (non-hydrogen) atoms. The summed E-state index contributed by atoms with van der Waals surface area (Å²) in [6, 6.07) is 3.84. The maximum atomic E-state index is 12.1. The summed E-state index contributed by atoms with van der Waals surface area (Å²) >= 11 is 7.10. The number of halogens is 1. The minimum atomic E-state index is -0.560. The van der Waals surface area contributed by atoms with Crippen LogP contribution in [0.2, 0.25) is 5.02 Å².